The zero-order valence-corrected chi connectivity index (χ0v) is 11.0. The van der Waals surface area contributed by atoms with Gasteiger partial charge in [-0.05, 0) is 38.8 Å². The first-order valence-corrected chi connectivity index (χ1v) is 6.02. The van der Waals surface area contributed by atoms with Gasteiger partial charge in [-0.1, -0.05) is 6.92 Å². The lowest BCUT2D eigenvalue weighted by molar-refractivity contribution is 0.0697. The predicted octanol–water partition coefficient (Wildman–Crippen LogP) is 2.05. The van der Waals surface area contributed by atoms with Gasteiger partial charge in [-0.3, -0.25) is 0 Å². The van der Waals surface area contributed by atoms with Gasteiger partial charge in [-0.15, -0.1) is 0 Å². The summed E-state index contributed by atoms with van der Waals surface area (Å²) in [5, 5.41) is 21.3. The zero-order chi connectivity index (χ0) is 13.8. The van der Waals surface area contributed by atoms with Crippen molar-refractivity contribution in [2.75, 3.05) is 11.9 Å². The van der Waals surface area contributed by atoms with Crippen LogP contribution in [0.3, 0.4) is 0 Å². The standard InChI is InChI=1S/C13H20N2O3/c1-4-13(3,7-8-16)15-11-10(12(17)18)6-5-9(2)14-11/h5-6,16H,4,7-8H2,1-3H3,(H,14,15)(H,17,18). The average Bonchev–Trinajstić information content (AvgIpc) is 2.29. The van der Waals surface area contributed by atoms with Crippen LogP contribution in [0.2, 0.25) is 0 Å². The number of aliphatic hydroxyl groups is 1. The number of carboxylic acids is 1. The Morgan fingerprint density at radius 1 is 1.50 bits per heavy atom. The van der Waals surface area contributed by atoms with Crippen LogP contribution in [0, 0.1) is 6.92 Å². The molecule has 0 aromatic carbocycles. The van der Waals surface area contributed by atoms with Gasteiger partial charge in [0.15, 0.2) is 0 Å². The van der Waals surface area contributed by atoms with Crippen LogP contribution in [-0.2, 0) is 0 Å². The van der Waals surface area contributed by atoms with E-state index in [-0.39, 0.29) is 17.7 Å². The molecule has 0 radical (unpaired) electrons. The monoisotopic (exact) mass is 252 g/mol. The minimum absolute atomic E-state index is 0.0472. The first kappa shape index (κ1) is 14.4. The minimum Gasteiger partial charge on any atom is -0.478 e. The average molecular weight is 252 g/mol. The quantitative estimate of drug-likeness (QED) is 0.721. The van der Waals surface area contributed by atoms with Crippen LogP contribution in [0.15, 0.2) is 12.1 Å². The minimum atomic E-state index is -1.01. The SMILES string of the molecule is CCC(C)(CCO)Nc1nc(C)ccc1C(=O)O. The van der Waals surface area contributed by atoms with E-state index in [1.54, 1.807) is 12.1 Å². The fourth-order valence-corrected chi connectivity index (χ4v) is 1.68. The summed E-state index contributed by atoms with van der Waals surface area (Å²) in [6.07, 6.45) is 1.31. The Hall–Kier alpha value is -1.62. The summed E-state index contributed by atoms with van der Waals surface area (Å²) in [7, 11) is 0. The summed E-state index contributed by atoms with van der Waals surface area (Å²) in [5.74, 6) is -0.646. The zero-order valence-electron chi connectivity index (χ0n) is 11.0. The van der Waals surface area contributed by atoms with Crippen molar-refractivity contribution in [1.29, 1.82) is 0 Å². The van der Waals surface area contributed by atoms with Gasteiger partial charge in [0, 0.05) is 17.8 Å². The topological polar surface area (TPSA) is 82.5 Å². The van der Waals surface area contributed by atoms with Crippen LogP contribution in [-0.4, -0.2) is 33.3 Å². The second-order valence-electron chi connectivity index (χ2n) is 4.67. The lowest BCUT2D eigenvalue weighted by Gasteiger charge is -2.30. The first-order chi connectivity index (χ1) is 8.41. The van der Waals surface area contributed by atoms with Crippen molar-refractivity contribution < 1.29 is 15.0 Å². The maximum absolute atomic E-state index is 11.1. The summed E-state index contributed by atoms with van der Waals surface area (Å²) in [6.45, 7) is 5.79. The number of carbonyl (C=O) groups is 1. The number of hydrogen-bond acceptors (Lipinski definition) is 4. The number of aliphatic hydroxyl groups excluding tert-OH is 1. The number of aromatic carboxylic acids is 1. The molecule has 1 rings (SSSR count). The molecule has 5 nitrogen and oxygen atoms in total. The molecule has 0 fully saturated rings. The molecular weight excluding hydrogens is 232 g/mol. The first-order valence-electron chi connectivity index (χ1n) is 6.02. The summed E-state index contributed by atoms with van der Waals surface area (Å²) in [4.78, 5) is 15.4. The number of aromatic nitrogens is 1. The molecule has 1 unspecified atom stereocenters. The predicted molar refractivity (Wildman–Crippen MR) is 70.0 cm³/mol. The smallest absolute Gasteiger partial charge is 0.339 e. The number of anilines is 1. The molecular formula is C13H20N2O3. The number of nitrogens with zero attached hydrogens (tertiary/aromatic N) is 1. The Balaban J connectivity index is 3.08. The van der Waals surface area contributed by atoms with Crippen molar-refractivity contribution in [2.45, 2.75) is 39.2 Å². The Bertz CT molecular complexity index is 434. The molecule has 18 heavy (non-hydrogen) atoms. The van der Waals surface area contributed by atoms with E-state index in [2.05, 4.69) is 10.3 Å². The van der Waals surface area contributed by atoms with Gasteiger partial charge >= 0.3 is 5.97 Å². The molecule has 1 heterocycles. The van der Waals surface area contributed by atoms with E-state index in [4.69, 9.17) is 10.2 Å². The van der Waals surface area contributed by atoms with Gasteiger partial charge in [-0.25, -0.2) is 9.78 Å². The van der Waals surface area contributed by atoms with Gasteiger partial charge < -0.3 is 15.5 Å². The van der Waals surface area contributed by atoms with Crippen LogP contribution in [0.5, 0.6) is 0 Å². The van der Waals surface area contributed by atoms with E-state index in [9.17, 15) is 4.79 Å². The van der Waals surface area contributed by atoms with E-state index < -0.39 is 5.97 Å². The van der Waals surface area contributed by atoms with Crippen molar-refractivity contribution in [3.05, 3.63) is 23.4 Å². The largest absolute Gasteiger partial charge is 0.478 e. The van der Waals surface area contributed by atoms with Crippen molar-refractivity contribution in [1.82, 2.24) is 4.98 Å². The van der Waals surface area contributed by atoms with Crippen molar-refractivity contribution in [3.8, 4) is 0 Å². The molecule has 0 aliphatic rings. The molecule has 5 heteroatoms. The molecule has 1 aromatic rings. The maximum atomic E-state index is 11.1. The highest BCUT2D eigenvalue weighted by atomic mass is 16.4. The highest BCUT2D eigenvalue weighted by Gasteiger charge is 2.24. The van der Waals surface area contributed by atoms with E-state index in [0.717, 1.165) is 12.1 Å². The molecule has 0 saturated carbocycles. The molecule has 0 aliphatic carbocycles. The van der Waals surface area contributed by atoms with Gasteiger partial charge in [0.2, 0.25) is 0 Å². The Kier molecular flexibility index (Phi) is 4.67. The highest BCUT2D eigenvalue weighted by molar-refractivity contribution is 5.93. The number of rotatable bonds is 6. The summed E-state index contributed by atoms with van der Waals surface area (Å²) in [5.41, 5.74) is 0.544. The Labute approximate surface area is 107 Å². The van der Waals surface area contributed by atoms with E-state index in [1.165, 1.54) is 0 Å². The number of aryl methyl sites for hydroxylation is 1. The van der Waals surface area contributed by atoms with Gasteiger partial charge in [-0.2, -0.15) is 0 Å². The number of nitrogens with one attached hydrogen (secondary N) is 1. The fraction of sp³-hybridized carbons (Fsp3) is 0.538. The fourth-order valence-electron chi connectivity index (χ4n) is 1.68. The van der Waals surface area contributed by atoms with Crippen molar-refractivity contribution >= 4 is 11.8 Å². The molecule has 100 valence electrons. The molecule has 0 aliphatic heterocycles. The van der Waals surface area contributed by atoms with Crippen LogP contribution in [0.4, 0.5) is 5.82 Å². The maximum Gasteiger partial charge on any atom is 0.339 e. The lowest BCUT2D eigenvalue weighted by atomic mass is 9.94. The molecule has 0 spiro atoms. The molecule has 1 atom stereocenters. The van der Waals surface area contributed by atoms with E-state index in [0.29, 0.717) is 12.2 Å². The third-order valence-electron chi connectivity index (χ3n) is 3.13. The third kappa shape index (κ3) is 3.43. The second-order valence-corrected chi connectivity index (χ2v) is 4.67. The van der Waals surface area contributed by atoms with Gasteiger partial charge in [0.05, 0.1) is 0 Å². The van der Waals surface area contributed by atoms with Gasteiger partial charge in [0.1, 0.15) is 11.4 Å². The molecule has 3 N–H and O–H groups in total. The highest BCUT2D eigenvalue weighted by Crippen LogP contribution is 2.23. The van der Waals surface area contributed by atoms with Gasteiger partial charge in [0.25, 0.3) is 0 Å². The summed E-state index contributed by atoms with van der Waals surface area (Å²) < 4.78 is 0. The van der Waals surface area contributed by atoms with Crippen molar-refractivity contribution in [3.63, 3.8) is 0 Å². The number of hydrogen-bond donors (Lipinski definition) is 3. The number of carboxylic acid groups (broad SMARTS) is 1. The van der Waals surface area contributed by atoms with Crippen LogP contribution >= 0.6 is 0 Å². The normalized spacial score (nSPS) is 14.0. The summed E-state index contributed by atoms with van der Waals surface area (Å²) in [6, 6.07) is 3.21. The molecule has 0 bridgehead atoms. The van der Waals surface area contributed by atoms with Crippen molar-refractivity contribution in [2.24, 2.45) is 0 Å². The van der Waals surface area contributed by atoms with Crippen LogP contribution in [0.25, 0.3) is 0 Å². The molecule has 0 saturated heterocycles. The van der Waals surface area contributed by atoms with E-state index >= 15 is 0 Å². The third-order valence-corrected chi connectivity index (χ3v) is 3.13. The number of pyridine rings is 1. The lowest BCUT2D eigenvalue weighted by Crippen LogP contribution is -2.36. The second kappa shape index (κ2) is 5.82. The Morgan fingerprint density at radius 2 is 2.17 bits per heavy atom. The Morgan fingerprint density at radius 3 is 2.67 bits per heavy atom. The van der Waals surface area contributed by atoms with E-state index in [1.807, 2.05) is 20.8 Å². The summed E-state index contributed by atoms with van der Waals surface area (Å²) >= 11 is 0. The molecule has 1 aromatic heterocycles. The van der Waals surface area contributed by atoms with Crippen LogP contribution < -0.4 is 5.32 Å². The van der Waals surface area contributed by atoms with Crippen LogP contribution in [0.1, 0.15) is 42.7 Å². The molecule has 0 amide bonds.